The minimum absolute atomic E-state index is 0.0889. The molecule has 1 fully saturated rings. The van der Waals surface area contributed by atoms with Crippen LogP contribution in [-0.4, -0.2) is 38.4 Å². The van der Waals surface area contributed by atoms with E-state index in [1.54, 1.807) is 35.7 Å². The van der Waals surface area contributed by atoms with E-state index >= 15 is 0 Å². The van der Waals surface area contributed by atoms with Crippen LogP contribution < -0.4 is 5.32 Å². The van der Waals surface area contributed by atoms with Gasteiger partial charge in [-0.1, -0.05) is 72.8 Å². The maximum Gasteiger partial charge on any atom is 0.257 e. The second-order valence-corrected chi connectivity index (χ2v) is 11.7. The largest absolute Gasteiger partial charge is 0.322 e. The first kappa shape index (κ1) is 24.1. The lowest BCUT2D eigenvalue weighted by Crippen LogP contribution is -2.27. The van der Waals surface area contributed by atoms with E-state index in [-0.39, 0.29) is 17.2 Å². The summed E-state index contributed by atoms with van der Waals surface area (Å²) in [6.07, 6.45) is 0. The molecule has 1 saturated heterocycles. The maximum absolute atomic E-state index is 12.6. The topological polar surface area (TPSA) is 75.2 Å². The van der Waals surface area contributed by atoms with Gasteiger partial charge < -0.3 is 4.90 Å². The van der Waals surface area contributed by atoms with E-state index in [0.717, 1.165) is 21.2 Å². The summed E-state index contributed by atoms with van der Waals surface area (Å²) in [5.74, 6) is 1.83. The Morgan fingerprint density at radius 2 is 1.91 bits per heavy atom. The van der Waals surface area contributed by atoms with Crippen LogP contribution in [0.1, 0.15) is 40.7 Å². The number of hydrogen-bond acceptors (Lipinski definition) is 7. The summed E-state index contributed by atoms with van der Waals surface area (Å²) in [5.41, 5.74) is 2.54. The van der Waals surface area contributed by atoms with Crippen molar-refractivity contribution in [3.8, 4) is 0 Å². The van der Waals surface area contributed by atoms with E-state index in [1.165, 1.54) is 11.3 Å². The Labute approximate surface area is 210 Å². The van der Waals surface area contributed by atoms with Gasteiger partial charge in [-0.05, 0) is 41.3 Å². The zero-order chi connectivity index (χ0) is 23.4. The van der Waals surface area contributed by atoms with Crippen molar-refractivity contribution in [1.29, 1.82) is 0 Å². The van der Waals surface area contributed by atoms with E-state index in [2.05, 4.69) is 29.4 Å². The molecule has 4 rings (SSSR count). The Morgan fingerprint density at radius 1 is 1.18 bits per heavy atom. The van der Waals surface area contributed by atoms with Gasteiger partial charge in [0.1, 0.15) is 5.37 Å². The number of nitrogens with one attached hydrogen (secondary N) is 1. The van der Waals surface area contributed by atoms with Crippen LogP contribution in [0.3, 0.4) is 0 Å². The van der Waals surface area contributed by atoms with Gasteiger partial charge in [-0.2, -0.15) is 0 Å². The third kappa shape index (κ3) is 6.29. The van der Waals surface area contributed by atoms with Gasteiger partial charge in [-0.15, -0.1) is 22.0 Å². The first-order valence-corrected chi connectivity index (χ1v) is 13.6. The summed E-state index contributed by atoms with van der Waals surface area (Å²) in [7, 11) is 0. The Morgan fingerprint density at radius 3 is 2.61 bits per heavy atom. The molecule has 0 saturated carbocycles. The summed E-state index contributed by atoms with van der Waals surface area (Å²) in [5, 5.41) is 12.1. The van der Waals surface area contributed by atoms with Crippen LogP contribution in [0.5, 0.6) is 0 Å². The van der Waals surface area contributed by atoms with Gasteiger partial charge in [0.05, 0.1) is 5.75 Å². The molecule has 0 radical (unpaired) electrons. The van der Waals surface area contributed by atoms with Crippen LogP contribution in [0.15, 0.2) is 52.9 Å². The van der Waals surface area contributed by atoms with Gasteiger partial charge in [-0.3, -0.25) is 14.9 Å². The SMILES string of the molecule is CC(C)CSc1nnc(NC(=O)c2ccc(C3SCC(=O)N3Cc3ccc(Cl)cc3)cc2)s1. The van der Waals surface area contributed by atoms with Crippen LogP contribution >= 0.6 is 46.5 Å². The van der Waals surface area contributed by atoms with Gasteiger partial charge in [0, 0.05) is 22.9 Å². The summed E-state index contributed by atoms with van der Waals surface area (Å²) >= 11 is 10.6. The van der Waals surface area contributed by atoms with E-state index < -0.39 is 0 Å². The highest BCUT2D eigenvalue weighted by Crippen LogP contribution is 2.39. The smallest absolute Gasteiger partial charge is 0.257 e. The van der Waals surface area contributed by atoms with Crippen LogP contribution in [0.4, 0.5) is 5.13 Å². The molecule has 6 nitrogen and oxygen atoms in total. The molecule has 1 aliphatic rings. The zero-order valence-electron chi connectivity index (χ0n) is 18.2. The van der Waals surface area contributed by atoms with E-state index in [4.69, 9.17) is 11.6 Å². The van der Waals surface area contributed by atoms with E-state index in [1.807, 2.05) is 41.3 Å². The first-order valence-electron chi connectivity index (χ1n) is 10.4. The molecule has 2 heterocycles. The lowest BCUT2D eigenvalue weighted by molar-refractivity contribution is -0.128. The summed E-state index contributed by atoms with van der Waals surface area (Å²) in [6, 6.07) is 14.9. The van der Waals surface area contributed by atoms with Gasteiger partial charge in [0.15, 0.2) is 4.34 Å². The molecular formula is C23H23ClN4O2S3. The molecule has 2 amide bonds. The molecule has 0 aliphatic carbocycles. The van der Waals surface area contributed by atoms with Gasteiger partial charge in [0.2, 0.25) is 11.0 Å². The molecule has 0 bridgehead atoms. The summed E-state index contributed by atoms with van der Waals surface area (Å²) in [6.45, 7) is 4.82. The third-order valence-corrected chi connectivity index (χ3v) is 8.77. The van der Waals surface area contributed by atoms with E-state index in [0.29, 0.717) is 33.9 Å². The van der Waals surface area contributed by atoms with Gasteiger partial charge >= 0.3 is 0 Å². The predicted molar refractivity (Wildman–Crippen MR) is 137 cm³/mol. The second-order valence-electron chi connectivity index (χ2n) is 7.97. The fourth-order valence-corrected chi connectivity index (χ4v) is 6.25. The highest BCUT2D eigenvalue weighted by atomic mass is 35.5. The highest BCUT2D eigenvalue weighted by Gasteiger charge is 2.32. The fourth-order valence-electron chi connectivity index (χ4n) is 3.21. The van der Waals surface area contributed by atoms with Crippen LogP contribution in [0.25, 0.3) is 0 Å². The number of amides is 2. The molecule has 2 aromatic carbocycles. The Balaban J connectivity index is 1.40. The van der Waals surface area contributed by atoms with Crippen molar-refractivity contribution in [1.82, 2.24) is 15.1 Å². The zero-order valence-corrected chi connectivity index (χ0v) is 21.4. The average molecular weight is 519 g/mol. The quantitative estimate of drug-likeness (QED) is 0.292. The second kappa shape index (κ2) is 10.9. The number of anilines is 1. The number of halogens is 1. The van der Waals surface area contributed by atoms with Crippen LogP contribution in [0.2, 0.25) is 5.02 Å². The highest BCUT2D eigenvalue weighted by molar-refractivity contribution is 8.01. The standard InChI is InChI=1S/C23H23ClN4O2S3/c1-14(2)12-32-23-27-26-22(33-23)25-20(30)16-5-7-17(8-6-16)21-28(19(29)13-31-21)11-15-3-9-18(24)10-4-15/h3-10,14,21H,11-13H2,1-2H3,(H,25,26,30). The molecule has 33 heavy (non-hydrogen) atoms. The molecule has 1 unspecified atom stereocenters. The molecule has 1 atom stereocenters. The van der Waals surface area contributed by atoms with Gasteiger partial charge in [-0.25, -0.2) is 0 Å². The number of thioether (sulfide) groups is 2. The number of benzene rings is 2. The Hall–Kier alpha value is -2.07. The molecule has 172 valence electrons. The van der Waals surface area contributed by atoms with Crippen molar-refractivity contribution in [2.24, 2.45) is 5.92 Å². The lowest BCUT2D eigenvalue weighted by Gasteiger charge is -2.24. The number of rotatable bonds is 8. The first-order chi connectivity index (χ1) is 15.9. The lowest BCUT2D eigenvalue weighted by atomic mass is 10.1. The average Bonchev–Trinajstić information content (AvgIpc) is 3.40. The summed E-state index contributed by atoms with van der Waals surface area (Å²) in [4.78, 5) is 27.0. The van der Waals surface area contributed by atoms with E-state index in [9.17, 15) is 9.59 Å². The monoisotopic (exact) mass is 518 g/mol. The molecule has 3 aromatic rings. The van der Waals surface area contributed by atoms with Crippen LogP contribution in [-0.2, 0) is 11.3 Å². The van der Waals surface area contributed by atoms with Crippen molar-refractivity contribution in [2.45, 2.75) is 30.1 Å². The fraction of sp³-hybridized carbons (Fsp3) is 0.304. The third-order valence-electron chi connectivity index (χ3n) is 4.86. The minimum Gasteiger partial charge on any atom is -0.322 e. The van der Waals surface area contributed by atoms with Crippen molar-refractivity contribution in [3.63, 3.8) is 0 Å². The molecular weight excluding hydrogens is 496 g/mol. The molecule has 10 heteroatoms. The Kier molecular flexibility index (Phi) is 7.95. The minimum atomic E-state index is -0.230. The number of carbonyl (C=O) groups is 2. The predicted octanol–water partition coefficient (Wildman–Crippen LogP) is 5.97. The Bertz CT molecular complexity index is 1120. The maximum atomic E-state index is 12.6. The number of nitrogens with zero attached hydrogens (tertiary/aromatic N) is 3. The van der Waals surface area contributed by atoms with Crippen molar-refractivity contribution in [3.05, 3.63) is 70.2 Å². The number of hydrogen-bond donors (Lipinski definition) is 1. The van der Waals surface area contributed by atoms with Crippen molar-refractivity contribution < 1.29 is 9.59 Å². The van der Waals surface area contributed by atoms with Crippen molar-refractivity contribution in [2.75, 3.05) is 16.8 Å². The normalized spacial score (nSPS) is 15.9. The number of carbonyl (C=O) groups excluding carboxylic acids is 2. The molecule has 1 N–H and O–H groups in total. The molecule has 0 spiro atoms. The van der Waals surface area contributed by atoms with Crippen LogP contribution in [0, 0.1) is 5.92 Å². The number of aromatic nitrogens is 2. The van der Waals surface area contributed by atoms with Crippen molar-refractivity contribution >= 4 is 63.4 Å². The summed E-state index contributed by atoms with van der Waals surface area (Å²) < 4.78 is 0.845. The molecule has 1 aromatic heterocycles. The molecule has 1 aliphatic heterocycles. The van der Waals surface area contributed by atoms with Gasteiger partial charge in [0.25, 0.3) is 5.91 Å².